The lowest BCUT2D eigenvalue weighted by Crippen LogP contribution is -2.19. The van der Waals surface area contributed by atoms with Crippen molar-refractivity contribution >= 4 is 5.69 Å². The third-order valence-corrected chi connectivity index (χ3v) is 1.92. The van der Waals surface area contributed by atoms with Crippen LogP contribution in [0, 0.1) is 21.4 Å². The van der Waals surface area contributed by atoms with Crippen LogP contribution in [-0.4, -0.2) is 23.4 Å². The smallest absolute Gasteiger partial charge is 0.486 e. The van der Waals surface area contributed by atoms with Crippen molar-refractivity contribution in [3.05, 3.63) is 21.9 Å². The summed E-state index contributed by atoms with van der Waals surface area (Å²) in [6.07, 6.45) is -4.69. The minimum Gasteiger partial charge on any atom is -0.486 e. The van der Waals surface area contributed by atoms with Crippen molar-refractivity contribution in [3.63, 3.8) is 0 Å². The predicted molar refractivity (Wildman–Crippen MR) is 53.4 cm³/mol. The molecule has 0 amide bonds. The van der Waals surface area contributed by atoms with E-state index in [0.717, 1.165) is 13.3 Å². The van der Waals surface area contributed by atoms with Gasteiger partial charge in [0.15, 0.2) is 0 Å². The van der Waals surface area contributed by atoms with Crippen LogP contribution in [0.5, 0.6) is 11.6 Å². The van der Waals surface area contributed by atoms with E-state index in [1.54, 1.807) is 6.07 Å². The van der Waals surface area contributed by atoms with Gasteiger partial charge in [-0.3, -0.25) is 10.1 Å². The fourth-order valence-corrected chi connectivity index (χ4v) is 1.28. The van der Waals surface area contributed by atoms with Gasteiger partial charge in [0.1, 0.15) is 0 Å². The van der Waals surface area contributed by atoms with Gasteiger partial charge < -0.3 is 9.47 Å². The molecule has 1 rings (SSSR count). The fourth-order valence-electron chi connectivity index (χ4n) is 1.28. The Morgan fingerprint density at radius 2 is 2.21 bits per heavy atom. The number of hydrogen-bond donors (Lipinski definition) is 0. The van der Waals surface area contributed by atoms with Crippen molar-refractivity contribution in [2.24, 2.45) is 0 Å². The number of pyridine rings is 1. The number of hydrogen-bond acceptors (Lipinski definition) is 6. The minimum absolute atomic E-state index is 0.168. The van der Waals surface area contributed by atoms with Crippen molar-refractivity contribution in [1.82, 2.24) is 4.98 Å². The van der Waals surface area contributed by atoms with E-state index < -0.39 is 35.0 Å². The van der Waals surface area contributed by atoms with E-state index in [2.05, 4.69) is 14.5 Å². The Labute approximate surface area is 104 Å². The van der Waals surface area contributed by atoms with Crippen LogP contribution in [0.4, 0.5) is 18.9 Å². The lowest BCUT2D eigenvalue weighted by atomic mass is 10.2. The van der Waals surface area contributed by atoms with Crippen LogP contribution < -0.4 is 9.47 Å². The molecule has 0 spiro atoms. The first kappa shape index (κ1) is 14.5. The van der Waals surface area contributed by atoms with Gasteiger partial charge in [0.05, 0.1) is 30.1 Å². The largest absolute Gasteiger partial charge is 0.574 e. The van der Waals surface area contributed by atoms with Crippen LogP contribution >= 0.6 is 0 Å². The Hall–Kier alpha value is -2.57. The molecule has 0 fully saturated rings. The van der Waals surface area contributed by atoms with E-state index in [1.807, 2.05) is 0 Å². The van der Waals surface area contributed by atoms with Gasteiger partial charge in [0.25, 0.3) is 11.6 Å². The highest BCUT2D eigenvalue weighted by Gasteiger charge is 2.36. The van der Waals surface area contributed by atoms with Crippen LogP contribution in [0.2, 0.25) is 0 Å². The standard InChI is InChI=1S/C9H6F3N3O4/c1-18-7-6(15(16)17)5(2-3-13)4-14-8(7)19-9(10,11)12/h4H,2H2,1H3. The van der Waals surface area contributed by atoms with E-state index in [9.17, 15) is 23.3 Å². The Morgan fingerprint density at radius 1 is 1.58 bits per heavy atom. The van der Waals surface area contributed by atoms with Gasteiger partial charge in [-0.1, -0.05) is 0 Å². The number of alkyl halides is 3. The molecule has 1 aromatic rings. The van der Waals surface area contributed by atoms with Gasteiger partial charge in [-0.2, -0.15) is 5.26 Å². The molecule has 0 aliphatic carbocycles. The van der Waals surface area contributed by atoms with Crippen LogP contribution in [0.1, 0.15) is 5.56 Å². The molecule has 0 atom stereocenters. The third kappa shape index (κ3) is 3.44. The molecule has 0 saturated heterocycles. The molecular formula is C9H6F3N3O4. The SMILES string of the molecule is COc1c(OC(F)(F)F)ncc(CC#N)c1[N+](=O)[O-]. The van der Waals surface area contributed by atoms with E-state index >= 15 is 0 Å². The molecule has 102 valence electrons. The van der Waals surface area contributed by atoms with Crippen molar-refractivity contribution in [2.45, 2.75) is 12.8 Å². The summed E-state index contributed by atoms with van der Waals surface area (Å²) in [4.78, 5) is 13.2. The van der Waals surface area contributed by atoms with Gasteiger partial charge in [-0.25, -0.2) is 4.98 Å². The zero-order valence-electron chi connectivity index (χ0n) is 9.39. The quantitative estimate of drug-likeness (QED) is 0.616. The van der Waals surface area contributed by atoms with E-state index in [1.165, 1.54) is 0 Å². The highest BCUT2D eigenvalue weighted by Crippen LogP contribution is 2.39. The van der Waals surface area contributed by atoms with Gasteiger partial charge in [-0.15, -0.1) is 13.2 Å². The first-order chi connectivity index (χ1) is 8.80. The molecule has 7 nitrogen and oxygen atoms in total. The number of ether oxygens (including phenoxy) is 2. The summed E-state index contributed by atoms with van der Waals surface area (Å²) in [6.45, 7) is 0. The highest BCUT2D eigenvalue weighted by molar-refractivity contribution is 5.57. The maximum Gasteiger partial charge on any atom is 0.574 e. The highest BCUT2D eigenvalue weighted by atomic mass is 19.4. The topological polar surface area (TPSA) is 98.3 Å². The summed E-state index contributed by atoms with van der Waals surface area (Å²) in [6, 6.07) is 1.64. The van der Waals surface area contributed by atoms with Gasteiger partial charge >= 0.3 is 12.0 Å². The predicted octanol–water partition coefficient (Wildman–Crippen LogP) is 1.96. The maximum atomic E-state index is 12.1. The maximum absolute atomic E-state index is 12.1. The zero-order chi connectivity index (χ0) is 14.6. The molecule has 0 radical (unpaired) electrons. The number of nitro groups is 1. The second kappa shape index (κ2) is 5.38. The number of nitrogens with zero attached hydrogens (tertiary/aromatic N) is 3. The zero-order valence-corrected chi connectivity index (χ0v) is 9.39. The number of nitriles is 1. The summed E-state index contributed by atoms with van der Waals surface area (Å²) in [7, 11) is 0.934. The number of halogens is 3. The van der Waals surface area contributed by atoms with Crippen molar-refractivity contribution < 1.29 is 27.6 Å². The summed E-state index contributed by atoms with van der Waals surface area (Å²) in [5.74, 6) is -1.86. The molecule has 1 heterocycles. The van der Waals surface area contributed by atoms with Gasteiger partial charge in [-0.05, 0) is 0 Å². The van der Waals surface area contributed by atoms with E-state index in [0.29, 0.717) is 0 Å². The van der Waals surface area contributed by atoms with Gasteiger partial charge in [0, 0.05) is 6.20 Å². The molecule has 0 bridgehead atoms. The molecule has 0 unspecified atom stereocenters. The molecule has 0 aliphatic heterocycles. The summed E-state index contributed by atoms with van der Waals surface area (Å²) in [5, 5.41) is 19.3. The second-order valence-electron chi connectivity index (χ2n) is 3.11. The van der Waals surface area contributed by atoms with E-state index in [4.69, 9.17) is 5.26 Å². The normalized spacial score (nSPS) is 10.7. The number of methoxy groups -OCH3 is 1. The van der Waals surface area contributed by atoms with Crippen LogP contribution in [0.15, 0.2) is 6.20 Å². The first-order valence-electron chi connectivity index (χ1n) is 4.63. The Bertz CT molecular complexity index is 539. The molecule has 10 heteroatoms. The number of rotatable bonds is 4. The molecule has 0 saturated carbocycles. The Balaban J connectivity index is 3.41. The lowest BCUT2D eigenvalue weighted by molar-refractivity contribution is -0.386. The van der Waals surface area contributed by atoms with Crippen LogP contribution in [-0.2, 0) is 6.42 Å². The molecule has 1 aromatic heterocycles. The summed E-state index contributed by atoms with van der Waals surface area (Å²) in [5.41, 5.74) is -0.947. The Kier molecular flexibility index (Phi) is 4.11. The third-order valence-electron chi connectivity index (χ3n) is 1.92. The van der Waals surface area contributed by atoms with Crippen molar-refractivity contribution in [3.8, 4) is 17.7 Å². The monoisotopic (exact) mass is 277 g/mol. The average molecular weight is 277 g/mol. The first-order valence-corrected chi connectivity index (χ1v) is 4.63. The molecule has 0 aromatic carbocycles. The summed E-state index contributed by atoms with van der Waals surface area (Å²) < 4.78 is 44.4. The fraction of sp³-hybridized carbons (Fsp3) is 0.333. The van der Waals surface area contributed by atoms with Crippen LogP contribution in [0.25, 0.3) is 0 Å². The average Bonchev–Trinajstić information content (AvgIpc) is 2.28. The lowest BCUT2D eigenvalue weighted by Gasteiger charge is -2.12. The number of aromatic nitrogens is 1. The molecule has 0 aliphatic rings. The van der Waals surface area contributed by atoms with Crippen molar-refractivity contribution in [1.29, 1.82) is 5.26 Å². The minimum atomic E-state index is -5.06. The Morgan fingerprint density at radius 3 is 2.63 bits per heavy atom. The van der Waals surface area contributed by atoms with Gasteiger partial charge in [0.2, 0.25) is 0 Å². The summed E-state index contributed by atoms with van der Waals surface area (Å²) >= 11 is 0. The molecule has 0 N–H and O–H groups in total. The van der Waals surface area contributed by atoms with E-state index in [-0.39, 0.29) is 5.56 Å². The second-order valence-corrected chi connectivity index (χ2v) is 3.11. The van der Waals surface area contributed by atoms with Crippen molar-refractivity contribution in [2.75, 3.05) is 7.11 Å². The molecule has 19 heavy (non-hydrogen) atoms. The molecular weight excluding hydrogens is 271 g/mol. The van der Waals surface area contributed by atoms with Crippen LogP contribution in [0.3, 0.4) is 0 Å².